The number of hydrogen-bond acceptors (Lipinski definition) is 4. The molecule has 2 heterocycles. The SMILES string of the molecule is c1ccc(-c2ccc(-c3nc(-c4ccccc4)nc(-c4ccc5c(oc6ccccc65)c4-c4ccc(-c5ccccc5)cc4)n3)cc2)cc1. The summed E-state index contributed by atoms with van der Waals surface area (Å²) in [7, 11) is 0. The van der Waals surface area contributed by atoms with Crippen LogP contribution in [0.3, 0.4) is 0 Å². The second kappa shape index (κ2) is 12.2. The molecule has 49 heavy (non-hydrogen) atoms. The summed E-state index contributed by atoms with van der Waals surface area (Å²) in [6, 6.07) is 60.4. The summed E-state index contributed by atoms with van der Waals surface area (Å²) in [6.45, 7) is 0. The van der Waals surface area contributed by atoms with Gasteiger partial charge in [-0.15, -0.1) is 0 Å². The van der Waals surface area contributed by atoms with Crippen LogP contribution in [0.25, 0.3) is 89.5 Å². The second-order valence-corrected chi connectivity index (χ2v) is 12.0. The number of aromatic nitrogens is 3. The number of rotatable bonds is 6. The number of nitrogens with zero attached hydrogens (tertiary/aromatic N) is 3. The number of fused-ring (bicyclic) bond motifs is 3. The van der Waals surface area contributed by atoms with Crippen molar-refractivity contribution in [3.8, 4) is 67.5 Å². The molecule has 0 atom stereocenters. The first kappa shape index (κ1) is 28.6. The van der Waals surface area contributed by atoms with E-state index in [1.165, 1.54) is 5.56 Å². The first-order valence-corrected chi connectivity index (χ1v) is 16.4. The van der Waals surface area contributed by atoms with E-state index in [2.05, 4.69) is 115 Å². The maximum Gasteiger partial charge on any atom is 0.164 e. The van der Waals surface area contributed by atoms with E-state index in [1.807, 2.05) is 60.7 Å². The van der Waals surface area contributed by atoms with Crippen LogP contribution >= 0.6 is 0 Å². The summed E-state index contributed by atoms with van der Waals surface area (Å²) in [5.41, 5.74) is 11.0. The van der Waals surface area contributed by atoms with Crippen LogP contribution in [0.5, 0.6) is 0 Å². The molecule has 4 heteroatoms. The van der Waals surface area contributed by atoms with Crippen LogP contribution in [-0.4, -0.2) is 15.0 Å². The first-order chi connectivity index (χ1) is 24.3. The van der Waals surface area contributed by atoms with E-state index in [9.17, 15) is 0 Å². The minimum Gasteiger partial charge on any atom is -0.455 e. The van der Waals surface area contributed by atoms with Gasteiger partial charge >= 0.3 is 0 Å². The molecule has 7 aromatic carbocycles. The zero-order chi connectivity index (χ0) is 32.6. The van der Waals surface area contributed by atoms with Gasteiger partial charge < -0.3 is 4.42 Å². The Morgan fingerprint density at radius 1 is 0.306 bits per heavy atom. The molecule has 0 N–H and O–H groups in total. The lowest BCUT2D eigenvalue weighted by Crippen LogP contribution is -2.01. The zero-order valence-electron chi connectivity index (χ0n) is 26.5. The molecule has 0 radical (unpaired) electrons. The molecule has 0 aliphatic rings. The van der Waals surface area contributed by atoms with Crippen molar-refractivity contribution in [2.45, 2.75) is 0 Å². The van der Waals surface area contributed by atoms with Crippen LogP contribution in [0, 0.1) is 0 Å². The Morgan fingerprint density at radius 3 is 1.33 bits per heavy atom. The van der Waals surface area contributed by atoms with Gasteiger partial charge in [0.15, 0.2) is 17.5 Å². The zero-order valence-corrected chi connectivity index (χ0v) is 26.5. The van der Waals surface area contributed by atoms with Gasteiger partial charge in [0.1, 0.15) is 11.2 Å². The summed E-state index contributed by atoms with van der Waals surface area (Å²) in [5, 5.41) is 2.13. The highest BCUT2D eigenvalue weighted by atomic mass is 16.3. The van der Waals surface area contributed by atoms with Crippen molar-refractivity contribution in [3.63, 3.8) is 0 Å². The number of para-hydroxylation sites is 1. The Balaban J connectivity index is 1.25. The molecule has 0 spiro atoms. The third kappa shape index (κ3) is 5.35. The van der Waals surface area contributed by atoms with Gasteiger partial charge in [-0.25, -0.2) is 15.0 Å². The van der Waals surface area contributed by atoms with E-state index in [4.69, 9.17) is 19.4 Å². The van der Waals surface area contributed by atoms with Crippen LogP contribution in [0.4, 0.5) is 0 Å². The average Bonchev–Trinajstić information content (AvgIpc) is 3.57. The van der Waals surface area contributed by atoms with Crippen LogP contribution in [0.1, 0.15) is 0 Å². The summed E-state index contributed by atoms with van der Waals surface area (Å²) >= 11 is 0. The van der Waals surface area contributed by atoms with Crippen LogP contribution in [-0.2, 0) is 0 Å². The Labute approximate surface area is 284 Å². The Bertz CT molecular complexity index is 2560. The van der Waals surface area contributed by atoms with Gasteiger partial charge in [0, 0.05) is 33.0 Å². The Hall–Kier alpha value is -6.65. The minimum atomic E-state index is 0.584. The molecule has 9 aromatic rings. The maximum absolute atomic E-state index is 6.63. The van der Waals surface area contributed by atoms with E-state index in [0.29, 0.717) is 17.5 Å². The molecule has 0 bridgehead atoms. The van der Waals surface area contributed by atoms with Crippen molar-refractivity contribution < 1.29 is 4.42 Å². The molecule has 0 aliphatic carbocycles. The van der Waals surface area contributed by atoms with Crippen LogP contribution in [0.2, 0.25) is 0 Å². The number of furan rings is 1. The highest BCUT2D eigenvalue weighted by Crippen LogP contribution is 2.42. The van der Waals surface area contributed by atoms with Gasteiger partial charge in [-0.1, -0.05) is 158 Å². The lowest BCUT2D eigenvalue weighted by molar-refractivity contribution is 0.670. The molecule has 0 unspecified atom stereocenters. The third-order valence-electron chi connectivity index (χ3n) is 8.99. The van der Waals surface area contributed by atoms with Crippen molar-refractivity contribution in [1.29, 1.82) is 0 Å². The van der Waals surface area contributed by atoms with Crippen molar-refractivity contribution in [3.05, 3.63) is 176 Å². The monoisotopic (exact) mass is 627 g/mol. The summed E-state index contributed by atoms with van der Waals surface area (Å²) < 4.78 is 6.63. The molecule has 0 amide bonds. The van der Waals surface area contributed by atoms with Crippen LogP contribution < -0.4 is 0 Å². The van der Waals surface area contributed by atoms with Gasteiger partial charge in [-0.2, -0.15) is 0 Å². The molecule has 230 valence electrons. The lowest BCUT2D eigenvalue weighted by atomic mass is 9.94. The van der Waals surface area contributed by atoms with E-state index in [1.54, 1.807) is 0 Å². The van der Waals surface area contributed by atoms with Crippen LogP contribution in [0.15, 0.2) is 180 Å². The minimum absolute atomic E-state index is 0.584. The largest absolute Gasteiger partial charge is 0.455 e. The normalized spacial score (nSPS) is 11.3. The van der Waals surface area contributed by atoms with Crippen molar-refractivity contribution in [1.82, 2.24) is 15.0 Å². The summed E-state index contributed by atoms with van der Waals surface area (Å²) in [5.74, 6) is 1.81. The van der Waals surface area contributed by atoms with Crippen molar-refractivity contribution in [2.24, 2.45) is 0 Å². The predicted molar refractivity (Wildman–Crippen MR) is 200 cm³/mol. The second-order valence-electron chi connectivity index (χ2n) is 12.0. The van der Waals surface area contributed by atoms with E-state index >= 15 is 0 Å². The molecule has 0 fully saturated rings. The smallest absolute Gasteiger partial charge is 0.164 e. The van der Waals surface area contributed by atoms with E-state index in [0.717, 1.165) is 66.4 Å². The van der Waals surface area contributed by atoms with E-state index in [-0.39, 0.29) is 0 Å². The number of hydrogen-bond donors (Lipinski definition) is 0. The molecule has 0 saturated heterocycles. The van der Waals surface area contributed by atoms with Crippen molar-refractivity contribution >= 4 is 21.9 Å². The molecular formula is C45H29N3O. The fraction of sp³-hybridized carbons (Fsp3) is 0. The van der Waals surface area contributed by atoms with Crippen molar-refractivity contribution in [2.75, 3.05) is 0 Å². The highest BCUT2D eigenvalue weighted by molar-refractivity contribution is 6.12. The standard InChI is InChI=1S/C45H29N3O/c1-4-12-30(13-5-1)32-20-24-34(25-21-32)41-39(29-28-38-37-18-10-11-19-40(37)49-42(38)41)45-47-43(35-16-8-3-9-17-35)46-44(48-45)36-26-22-33(23-27-36)31-14-6-2-7-15-31/h1-29H. The van der Waals surface area contributed by atoms with Gasteiger partial charge in [-0.05, 0) is 46.0 Å². The fourth-order valence-electron chi connectivity index (χ4n) is 6.51. The average molecular weight is 628 g/mol. The summed E-state index contributed by atoms with van der Waals surface area (Å²) in [6.07, 6.45) is 0. The molecule has 0 saturated carbocycles. The van der Waals surface area contributed by atoms with Gasteiger partial charge in [0.2, 0.25) is 0 Å². The predicted octanol–water partition coefficient (Wildman–Crippen LogP) is 11.8. The number of benzene rings is 7. The molecule has 4 nitrogen and oxygen atoms in total. The Morgan fingerprint density at radius 2 is 0.735 bits per heavy atom. The fourth-order valence-corrected chi connectivity index (χ4v) is 6.51. The summed E-state index contributed by atoms with van der Waals surface area (Å²) in [4.78, 5) is 15.3. The molecular weight excluding hydrogens is 599 g/mol. The molecule has 2 aromatic heterocycles. The molecule has 0 aliphatic heterocycles. The van der Waals surface area contributed by atoms with Gasteiger partial charge in [0.05, 0.1) is 0 Å². The highest BCUT2D eigenvalue weighted by Gasteiger charge is 2.21. The van der Waals surface area contributed by atoms with E-state index < -0.39 is 0 Å². The maximum atomic E-state index is 6.63. The third-order valence-corrected chi connectivity index (χ3v) is 8.99. The van der Waals surface area contributed by atoms with Gasteiger partial charge in [-0.3, -0.25) is 0 Å². The quantitative estimate of drug-likeness (QED) is 0.184. The van der Waals surface area contributed by atoms with Gasteiger partial charge in [0.25, 0.3) is 0 Å². The topological polar surface area (TPSA) is 51.8 Å². The lowest BCUT2D eigenvalue weighted by Gasteiger charge is -2.13. The molecule has 9 rings (SSSR count). The Kier molecular flexibility index (Phi) is 7.10. The first-order valence-electron chi connectivity index (χ1n) is 16.4.